The Morgan fingerprint density at radius 3 is 2.51 bits per heavy atom. The quantitative estimate of drug-likeness (QED) is 0.522. The van der Waals surface area contributed by atoms with Gasteiger partial charge in [-0.1, -0.05) is 19.3 Å². The lowest BCUT2D eigenvalue weighted by atomic mass is 9.93. The van der Waals surface area contributed by atoms with Gasteiger partial charge in [0.05, 0.1) is 5.56 Å². The average molecular weight is 494 g/mol. The molecule has 0 bridgehead atoms. The van der Waals surface area contributed by atoms with Gasteiger partial charge in [-0.25, -0.2) is 4.99 Å². The fourth-order valence-corrected chi connectivity index (χ4v) is 6.60. The van der Waals surface area contributed by atoms with Crippen LogP contribution in [-0.4, -0.2) is 48.7 Å². The van der Waals surface area contributed by atoms with Crippen LogP contribution < -0.4 is 10.1 Å². The lowest BCUT2D eigenvalue weighted by Gasteiger charge is -2.23. The minimum absolute atomic E-state index is 0.0498. The van der Waals surface area contributed by atoms with E-state index in [0.29, 0.717) is 5.75 Å². The van der Waals surface area contributed by atoms with E-state index < -0.39 is 0 Å². The molecule has 2 heterocycles. The first-order valence-corrected chi connectivity index (χ1v) is 14.0. The van der Waals surface area contributed by atoms with Crippen LogP contribution in [0.3, 0.4) is 0 Å². The van der Waals surface area contributed by atoms with Gasteiger partial charge in [0.15, 0.2) is 6.61 Å². The molecule has 5 rings (SSSR count). The molecule has 1 aromatic carbocycles. The minimum atomic E-state index is 0.0498. The number of benzene rings is 1. The van der Waals surface area contributed by atoms with Gasteiger partial charge in [-0.15, -0.1) is 11.3 Å². The van der Waals surface area contributed by atoms with Gasteiger partial charge in [0.2, 0.25) is 0 Å². The summed E-state index contributed by atoms with van der Waals surface area (Å²) in [6, 6.07) is 7.91. The molecule has 1 saturated heterocycles. The van der Waals surface area contributed by atoms with Crippen molar-refractivity contribution in [3.05, 3.63) is 45.8 Å². The Balaban J connectivity index is 1.26. The standard InChI is InChI=1S/C28H35N3O3S/c32-25(31-16-6-7-17-31)19-34-22-14-12-20(13-15-22)18-29-28-26(23-10-4-5-11-24(23)35-28)27(33)30-21-8-2-1-3-9-21/h12-15,18,21H,1-11,16-17,19H2,(H,30,33). The van der Waals surface area contributed by atoms with Gasteiger partial charge in [-0.2, -0.15) is 0 Å². The number of amides is 2. The highest BCUT2D eigenvalue weighted by molar-refractivity contribution is 7.16. The van der Waals surface area contributed by atoms with Crippen LogP contribution in [0.1, 0.15) is 84.1 Å². The fraction of sp³-hybridized carbons (Fsp3) is 0.536. The van der Waals surface area contributed by atoms with Gasteiger partial charge in [0.1, 0.15) is 10.8 Å². The van der Waals surface area contributed by atoms with Crippen LogP contribution in [0.2, 0.25) is 0 Å². The molecule has 1 aliphatic heterocycles. The molecule has 1 aromatic heterocycles. The van der Waals surface area contributed by atoms with Gasteiger partial charge >= 0.3 is 0 Å². The maximum atomic E-state index is 13.3. The van der Waals surface area contributed by atoms with Crippen LogP contribution in [0.4, 0.5) is 5.00 Å². The minimum Gasteiger partial charge on any atom is -0.484 e. The summed E-state index contributed by atoms with van der Waals surface area (Å²) in [7, 11) is 0. The number of carbonyl (C=O) groups is 2. The van der Waals surface area contributed by atoms with Crippen LogP contribution in [0.5, 0.6) is 5.75 Å². The van der Waals surface area contributed by atoms with E-state index in [4.69, 9.17) is 9.73 Å². The van der Waals surface area contributed by atoms with Crippen molar-refractivity contribution in [2.75, 3.05) is 19.7 Å². The number of nitrogens with zero attached hydrogens (tertiary/aromatic N) is 2. The van der Waals surface area contributed by atoms with Crippen molar-refractivity contribution in [2.24, 2.45) is 4.99 Å². The number of nitrogens with one attached hydrogen (secondary N) is 1. The maximum Gasteiger partial charge on any atom is 0.260 e. The molecular weight excluding hydrogens is 458 g/mol. The first kappa shape index (κ1) is 24.0. The van der Waals surface area contributed by atoms with E-state index in [1.807, 2.05) is 35.4 Å². The predicted molar refractivity (Wildman–Crippen MR) is 140 cm³/mol. The molecule has 0 spiro atoms. The smallest absolute Gasteiger partial charge is 0.260 e. The molecule has 0 radical (unpaired) electrons. The molecule has 0 unspecified atom stereocenters. The van der Waals surface area contributed by atoms with Crippen LogP contribution in [0.25, 0.3) is 0 Å². The number of likely N-dealkylation sites (tertiary alicyclic amines) is 1. The van der Waals surface area contributed by atoms with Crippen LogP contribution in [0, 0.1) is 0 Å². The number of hydrogen-bond donors (Lipinski definition) is 1. The molecule has 1 saturated carbocycles. The van der Waals surface area contributed by atoms with Gasteiger partial charge in [0, 0.05) is 30.2 Å². The van der Waals surface area contributed by atoms with E-state index in [1.165, 1.54) is 36.1 Å². The molecule has 186 valence electrons. The van der Waals surface area contributed by atoms with Crippen molar-refractivity contribution < 1.29 is 14.3 Å². The molecule has 35 heavy (non-hydrogen) atoms. The van der Waals surface area contributed by atoms with Crippen molar-refractivity contribution in [2.45, 2.75) is 76.7 Å². The molecule has 1 N–H and O–H groups in total. The number of ether oxygens (including phenoxy) is 1. The fourth-order valence-electron chi connectivity index (χ4n) is 5.37. The summed E-state index contributed by atoms with van der Waals surface area (Å²) in [5.41, 5.74) is 2.95. The number of aryl methyl sites for hydroxylation is 1. The van der Waals surface area contributed by atoms with E-state index in [9.17, 15) is 9.59 Å². The first-order chi connectivity index (χ1) is 17.2. The summed E-state index contributed by atoms with van der Waals surface area (Å²) >= 11 is 1.67. The van der Waals surface area contributed by atoms with Crippen LogP contribution in [-0.2, 0) is 17.6 Å². The highest BCUT2D eigenvalue weighted by atomic mass is 32.1. The Kier molecular flexibility index (Phi) is 7.82. The molecule has 2 amide bonds. The van der Waals surface area contributed by atoms with Crippen molar-refractivity contribution in [1.82, 2.24) is 10.2 Å². The van der Waals surface area contributed by atoms with Gasteiger partial charge in [-0.3, -0.25) is 9.59 Å². The van der Waals surface area contributed by atoms with Gasteiger partial charge < -0.3 is 15.0 Å². The third kappa shape index (κ3) is 5.95. The molecule has 2 fully saturated rings. The maximum absolute atomic E-state index is 13.3. The van der Waals surface area contributed by atoms with E-state index in [0.717, 1.165) is 74.2 Å². The summed E-state index contributed by atoms with van der Waals surface area (Å²) in [4.78, 5) is 33.5. The Labute approximate surface area is 211 Å². The van der Waals surface area contributed by atoms with Crippen LogP contribution in [0.15, 0.2) is 29.3 Å². The Hall–Kier alpha value is -2.67. The second-order valence-corrected chi connectivity index (χ2v) is 11.0. The summed E-state index contributed by atoms with van der Waals surface area (Å²) in [6.45, 7) is 1.75. The monoisotopic (exact) mass is 493 g/mol. The number of fused-ring (bicyclic) bond motifs is 1. The molecule has 6 nitrogen and oxygen atoms in total. The lowest BCUT2D eigenvalue weighted by molar-refractivity contribution is -0.132. The van der Waals surface area contributed by atoms with E-state index in [2.05, 4.69) is 5.32 Å². The number of thiophene rings is 1. The molecule has 2 aliphatic carbocycles. The second kappa shape index (κ2) is 11.4. The summed E-state index contributed by atoms with van der Waals surface area (Å²) in [6.07, 6.45) is 14.1. The number of aliphatic imine (C=N–C) groups is 1. The van der Waals surface area contributed by atoms with E-state index >= 15 is 0 Å². The number of hydrogen-bond acceptors (Lipinski definition) is 5. The van der Waals surface area contributed by atoms with Crippen molar-refractivity contribution in [1.29, 1.82) is 0 Å². The largest absolute Gasteiger partial charge is 0.484 e. The van der Waals surface area contributed by atoms with Crippen molar-refractivity contribution in [3.8, 4) is 5.75 Å². The Morgan fingerprint density at radius 1 is 1.00 bits per heavy atom. The van der Waals surface area contributed by atoms with Crippen LogP contribution >= 0.6 is 11.3 Å². The molecule has 2 aromatic rings. The van der Waals surface area contributed by atoms with Crippen molar-refractivity contribution >= 4 is 34.4 Å². The summed E-state index contributed by atoms with van der Waals surface area (Å²) < 4.78 is 5.69. The zero-order valence-electron chi connectivity index (χ0n) is 20.4. The highest BCUT2D eigenvalue weighted by Gasteiger charge is 2.27. The zero-order chi connectivity index (χ0) is 24.0. The summed E-state index contributed by atoms with van der Waals surface area (Å²) in [5, 5.41) is 4.13. The Morgan fingerprint density at radius 2 is 1.74 bits per heavy atom. The SMILES string of the molecule is O=C(NC1CCCCC1)c1c(N=Cc2ccc(OCC(=O)N3CCCC3)cc2)sc2c1CCCC2. The average Bonchev–Trinajstić information content (AvgIpc) is 3.55. The number of carbonyl (C=O) groups excluding carboxylic acids is 2. The highest BCUT2D eigenvalue weighted by Crippen LogP contribution is 2.40. The Bertz CT molecular complexity index is 1060. The second-order valence-electron chi connectivity index (χ2n) is 9.90. The van der Waals surface area contributed by atoms with Gasteiger partial charge in [0.25, 0.3) is 11.8 Å². The van der Waals surface area contributed by atoms with E-state index in [1.54, 1.807) is 11.3 Å². The third-order valence-electron chi connectivity index (χ3n) is 7.35. The van der Waals surface area contributed by atoms with Gasteiger partial charge in [-0.05, 0) is 86.8 Å². The zero-order valence-corrected chi connectivity index (χ0v) is 21.2. The topological polar surface area (TPSA) is 71.0 Å². The molecule has 3 aliphatic rings. The third-order valence-corrected chi connectivity index (χ3v) is 8.55. The predicted octanol–water partition coefficient (Wildman–Crippen LogP) is 5.44. The molecule has 0 atom stereocenters. The normalized spacial score (nSPS) is 18.6. The van der Waals surface area contributed by atoms with Crippen molar-refractivity contribution in [3.63, 3.8) is 0 Å². The first-order valence-electron chi connectivity index (χ1n) is 13.2. The molecular formula is C28H35N3O3S. The van der Waals surface area contributed by atoms with E-state index in [-0.39, 0.29) is 24.5 Å². The molecule has 7 heteroatoms. The lowest BCUT2D eigenvalue weighted by Crippen LogP contribution is -2.36. The summed E-state index contributed by atoms with van der Waals surface area (Å²) in [5.74, 6) is 0.775. The number of rotatable bonds is 7.